The average molecular weight is 193 g/mol. The first kappa shape index (κ1) is 9.66. The summed E-state index contributed by atoms with van der Waals surface area (Å²) in [5.74, 6) is 0.451. The lowest BCUT2D eigenvalue weighted by atomic mass is 9.88. The van der Waals surface area contributed by atoms with Crippen molar-refractivity contribution in [1.29, 1.82) is 0 Å². The highest BCUT2D eigenvalue weighted by atomic mass is 19.1. The lowest BCUT2D eigenvalue weighted by molar-refractivity contribution is 0.505. The zero-order valence-corrected chi connectivity index (χ0v) is 8.52. The van der Waals surface area contributed by atoms with Crippen LogP contribution in [0.3, 0.4) is 0 Å². The SMILES string of the molecule is CCCC1CNCc2cc(F)ccc21. The standard InChI is InChI=1S/C12H16FN/c1-2-3-9-7-14-8-10-6-11(13)4-5-12(9)10/h4-6,9,14H,2-3,7-8H2,1H3. The van der Waals surface area contributed by atoms with E-state index in [4.69, 9.17) is 0 Å². The third-order valence-corrected chi connectivity index (χ3v) is 2.89. The molecule has 0 aliphatic carbocycles. The van der Waals surface area contributed by atoms with Crippen LogP contribution in [0.1, 0.15) is 36.8 Å². The molecule has 1 aliphatic heterocycles. The van der Waals surface area contributed by atoms with Crippen molar-refractivity contribution < 1.29 is 4.39 Å². The van der Waals surface area contributed by atoms with E-state index < -0.39 is 0 Å². The Kier molecular flexibility index (Phi) is 2.82. The van der Waals surface area contributed by atoms with Gasteiger partial charge in [-0.15, -0.1) is 0 Å². The van der Waals surface area contributed by atoms with E-state index >= 15 is 0 Å². The van der Waals surface area contributed by atoms with Crippen LogP contribution >= 0.6 is 0 Å². The Morgan fingerprint density at radius 1 is 1.50 bits per heavy atom. The maximum Gasteiger partial charge on any atom is 0.123 e. The number of fused-ring (bicyclic) bond motifs is 1. The molecule has 14 heavy (non-hydrogen) atoms. The van der Waals surface area contributed by atoms with E-state index in [1.165, 1.54) is 18.4 Å². The van der Waals surface area contributed by atoms with Crippen LogP contribution < -0.4 is 5.32 Å². The molecule has 2 rings (SSSR count). The van der Waals surface area contributed by atoms with Gasteiger partial charge in [0.2, 0.25) is 0 Å². The molecule has 0 amide bonds. The predicted octanol–water partition coefficient (Wildman–Crippen LogP) is 2.81. The monoisotopic (exact) mass is 193 g/mol. The van der Waals surface area contributed by atoms with Crippen LogP contribution in [0.5, 0.6) is 0 Å². The van der Waals surface area contributed by atoms with Crippen LogP contribution in [-0.2, 0) is 6.54 Å². The minimum atomic E-state index is -0.123. The summed E-state index contributed by atoms with van der Waals surface area (Å²) in [6.45, 7) is 4.04. The molecule has 0 radical (unpaired) electrons. The number of halogens is 1. The van der Waals surface area contributed by atoms with Gasteiger partial charge >= 0.3 is 0 Å². The first-order valence-electron chi connectivity index (χ1n) is 5.30. The van der Waals surface area contributed by atoms with Crippen LogP contribution in [0.4, 0.5) is 4.39 Å². The van der Waals surface area contributed by atoms with E-state index in [1.807, 2.05) is 6.07 Å². The molecular weight excluding hydrogens is 177 g/mol. The molecule has 0 saturated carbocycles. The Bertz CT molecular complexity index is 322. The Labute approximate surface area is 84.3 Å². The van der Waals surface area contributed by atoms with Gasteiger partial charge in [0.25, 0.3) is 0 Å². The maximum atomic E-state index is 13.0. The fourth-order valence-corrected chi connectivity index (χ4v) is 2.22. The molecule has 1 aliphatic rings. The summed E-state index contributed by atoms with van der Waals surface area (Å²) in [5.41, 5.74) is 2.47. The van der Waals surface area contributed by atoms with Crippen LogP contribution in [0, 0.1) is 5.82 Å². The summed E-state index contributed by atoms with van der Waals surface area (Å²) >= 11 is 0. The number of rotatable bonds is 2. The second-order valence-electron chi connectivity index (χ2n) is 3.96. The van der Waals surface area contributed by atoms with E-state index in [0.29, 0.717) is 5.92 Å². The molecule has 1 nitrogen and oxygen atoms in total. The van der Waals surface area contributed by atoms with E-state index in [1.54, 1.807) is 12.1 Å². The van der Waals surface area contributed by atoms with Gasteiger partial charge in [0, 0.05) is 13.1 Å². The molecule has 1 atom stereocenters. The number of hydrogen-bond donors (Lipinski definition) is 1. The highest BCUT2D eigenvalue weighted by Gasteiger charge is 2.18. The third-order valence-electron chi connectivity index (χ3n) is 2.89. The van der Waals surface area contributed by atoms with Gasteiger partial charge in [-0.3, -0.25) is 0 Å². The van der Waals surface area contributed by atoms with Crippen molar-refractivity contribution in [3.05, 3.63) is 35.1 Å². The quantitative estimate of drug-likeness (QED) is 0.761. The second kappa shape index (κ2) is 4.09. The van der Waals surface area contributed by atoms with Gasteiger partial charge in [0.1, 0.15) is 5.82 Å². The highest BCUT2D eigenvalue weighted by molar-refractivity contribution is 5.33. The Hall–Kier alpha value is -0.890. The van der Waals surface area contributed by atoms with Gasteiger partial charge in [0.05, 0.1) is 0 Å². The van der Waals surface area contributed by atoms with Gasteiger partial charge < -0.3 is 5.32 Å². The van der Waals surface area contributed by atoms with Crippen molar-refractivity contribution in [3.8, 4) is 0 Å². The van der Waals surface area contributed by atoms with Crippen LogP contribution in [-0.4, -0.2) is 6.54 Å². The van der Waals surface area contributed by atoms with Crippen molar-refractivity contribution in [2.24, 2.45) is 0 Å². The molecule has 1 aromatic rings. The van der Waals surface area contributed by atoms with Gasteiger partial charge in [-0.1, -0.05) is 19.4 Å². The zero-order valence-electron chi connectivity index (χ0n) is 8.52. The summed E-state index contributed by atoms with van der Waals surface area (Å²) in [5, 5.41) is 3.34. The van der Waals surface area contributed by atoms with Crippen molar-refractivity contribution in [2.45, 2.75) is 32.2 Å². The van der Waals surface area contributed by atoms with Crippen molar-refractivity contribution in [3.63, 3.8) is 0 Å². The van der Waals surface area contributed by atoms with Crippen molar-refractivity contribution >= 4 is 0 Å². The lowest BCUT2D eigenvalue weighted by Gasteiger charge is -2.26. The molecule has 1 aromatic carbocycles. The third kappa shape index (κ3) is 1.80. The van der Waals surface area contributed by atoms with Crippen LogP contribution in [0.2, 0.25) is 0 Å². The molecule has 1 unspecified atom stereocenters. The summed E-state index contributed by atoms with van der Waals surface area (Å²) in [4.78, 5) is 0. The molecule has 2 heteroatoms. The average Bonchev–Trinajstić information content (AvgIpc) is 2.18. The molecule has 0 aromatic heterocycles. The van der Waals surface area contributed by atoms with E-state index in [2.05, 4.69) is 12.2 Å². The minimum absolute atomic E-state index is 0.123. The second-order valence-corrected chi connectivity index (χ2v) is 3.96. The fraction of sp³-hybridized carbons (Fsp3) is 0.500. The molecule has 0 saturated heterocycles. The molecule has 0 bridgehead atoms. The lowest BCUT2D eigenvalue weighted by Crippen LogP contribution is -2.28. The largest absolute Gasteiger partial charge is 0.312 e. The summed E-state index contributed by atoms with van der Waals surface area (Å²) in [7, 11) is 0. The normalized spacial score (nSPS) is 20.6. The van der Waals surface area contributed by atoms with Gasteiger partial charge in [0.15, 0.2) is 0 Å². The van der Waals surface area contributed by atoms with E-state index in [0.717, 1.165) is 18.7 Å². The molecule has 1 heterocycles. The van der Waals surface area contributed by atoms with E-state index in [9.17, 15) is 4.39 Å². The molecule has 1 N–H and O–H groups in total. The first-order valence-corrected chi connectivity index (χ1v) is 5.30. The van der Waals surface area contributed by atoms with Gasteiger partial charge in [-0.05, 0) is 35.6 Å². The Morgan fingerprint density at radius 2 is 2.36 bits per heavy atom. The summed E-state index contributed by atoms with van der Waals surface area (Å²) < 4.78 is 13.0. The summed E-state index contributed by atoms with van der Waals surface area (Å²) in [6.07, 6.45) is 2.37. The topological polar surface area (TPSA) is 12.0 Å². The number of nitrogens with one attached hydrogen (secondary N) is 1. The molecule has 76 valence electrons. The molecule has 0 spiro atoms. The smallest absolute Gasteiger partial charge is 0.123 e. The molecule has 0 fully saturated rings. The van der Waals surface area contributed by atoms with Crippen molar-refractivity contribution in [1.82, 2.24) is 5.32 Å². The molecular formula is C12H16FN. The fourth-order valence-electron chi connectivity index (χ4n) is 2.22. The first-order chi connectivity index (χ1) is 6.81. The Morgan fingerprint density at radius 3 is 3.14 bits per heavy atom. The predicted molar refractivity (Wildman–Crippen MR) is 55.8 cm³/mol. The number of hydrogen-bond acceptors (Lipinski definition) is 1. The van der Waals surface area contributed by atoms with Crippen molar-refractivity contribution in [2.75, 3.05) is 6.54 Å². The summed E-state index contributed by atoms with van der Waals surface area (Å²) in [6, 6.07) is 5.18. The minimum Gasteiger partial charge on any atom is -0.312 e. The number of benzene rings is 1. The van der Waals surface area contributed by atoms with Crippen LogP contribution in [0.15, 0.2) is 18.2 Å². The maximum absolute atomic E-state index is 13.0. The Balaban J connectivity index is 2.30. The highest BCUT2D eigenvalue weighted by Crippen LogP contribution is 2.27. The van der Waals surface area contributed by atoms with E-state index in [-0.39, 0.29) is 5.82 Å². The van der Waals surface area contributed by atoms with Gasteiger partial charge in [-0.25, -0.2) is 4.39 Å². The zero-order chi connectivity index (χ0) is 9.97. The van der Waals surface area contributed by atoms with Gasteiger partial charge in [-0.2, -0.15) is 0 Å². The van der Waals surface area contributed by atoms with Crippen LogP contribution in [0.25, 0.3) is 0 Å².